The van der Waals surface area contributed by atoms with E-state index in [9.17, 15) is 13.6 Å². The van der Waals surface area contributed by atoms with Gasteiger partial charge in [-0.2, -0.15) is 10.2 Å². The molecule has 3 aromatic heterocycles. The van der Waals surface area contributed by atoms with E-state index in [1.54, 1.807) is 33.9 Å². The molecule has 1 saturated carbocycles. The number of nitrogens with one attached hydrogen (secondary N) is 1. The fraction of sp³-hybridized carbons (Fsp3) is 0.583. The highest BCUT2D eigenvalue weighted by atomic mass is 19.3. The predicted molar refractivity (Wildman–Crippen MR) is 129 cm³/mol. The van der Waals surface area contributed by atoms with E-state index in [1.165, 1.54) is 6.42 Å². The van der Waals surface area contributed by atoms with E-state index in [2.05, 4.69) is 34.3 Å². The second-order valence-electron chi connectivity index (χ2n) is 8.66. The molecule has 0 spiro atoms. The van der Waals surface area contributed by atoms with Crippen LogP contribution in [0.4, 0.5) is 8.78 Å². The number of fused-ring (bicyclic) bond motifs is 1. The highest BCUT2D eigenvalue weighted by molar-refractivity contribution is 5.92. The van der Waals surface area contributed by atoms with Crippen molar-refractivity contribution in [2.24, 2.45) is 5.73 Å². The van der Waals surface area contributed by atoms with Crippen LogP contribution in [0.5, 0.6) is 0 Å². The molecule has 1 aliphatic rings. The summed E-state index contributed by atoms with van der Waals surface area (Å²) in [5.41, 5.74) is 8.49. The molecule has 1 amide bonds. The van der Waals surface area contributed by atoms with Crippen molar-refractivity contribution in [3.05, 3.63) is 47.7 Å². The summed E-state index contributed by atoms with van der Waals surface area (Å²) in [6, 6.07) is 3.71. The molecule has 8 nitrogen and oxygen atoms in total. The maximum Gasteiger partial charge on any atom is 0.269 e. The summed E-state index contributed by atoms with van der Waals surface area (Å²) < 4.78 is 27.8. The number of hydrogen-bond acceptors (Lipinski definition) is 5. The minimum Gasteiger partial charge on any atom is -0.345 e. The second-order valence-corrected chi connectivity index (χ2v) is 8.66. The Hall–Kier alpha value is -2.88. The van der Waals surface area contributed by atoms with Gasteiger partial charge in [0.05, 0.1) is 24.6 Å². The molecule has 1 aliphatic carbocycles. The van der Waals surface area contributed by atoms with Crippen LogP contribution in [0.3, 0.4) is 0 Å². The number of amides is 1. The maximum absolute atomic E-state index is 12.3. The number of aromatic nitrogens is 5. The van der Waals surface area contributed by atoms with E-state index in [1.807, 2.05) is 19.9 Å². The van der Waals surface area contributed by atoms with E-state index >= 15 is 0 Å². The fourth-order valence-electron chi connectivity index (χ4n) is 3.40. The molecule has 34 heavy (non-hydrogen) atoms. The number of carbonyl (C=O) groups is 1. The zero-order valence-corrected chi connectivity index (χ0v) is 20.6. The zero-order valence-electron chi connectivity index (χ0n) is 20.6. The Balaban J connectivity index is 0.000000309. The third-order valence-corrected chi connectivity index (χ3v) is 5.07. The van der Waals surface area contributed by atoms with Crippen LogP contribution in [-0.4, -0.2) is 36.2 Å². The second kappa shape index (κ2) is 13.1. The van der Waals surface area contributed by atoms with Gasteiger partial charge in [0, 0.05) is 31.6 Å². The van der Waals surface area contributed by atoms with Crippen LogP contribution in [-0.2, 0) is 13.1 Å². The van der Waals surface area contributed by atoms with Gasteiger partial charge < -0.3 is 11.1 Å². The first-order valence-corrected chi connectivity index (χ1v) is 11.9. The molecule has 0 unspecified atom stereocenters. The molecule has 0 bridgehead atoms. The molecule has 3 heterocycles. The number of halogens is 2. The lowest BCUT2D eigenvalue weighted by Gasteiger charge is -2.20. The van der Waals surface area contributed by atoms with Crippen LogP contribution in [0, 0.1) is 0 Å². The number of hydrogen-bond donors (Lipinski definition) is 2. The Kier molecular flexibility index (Phi) is 10.6. The summed E-state index contributed by atoms with van der Waals surface area (Å²) in [4.78, 5) is 16.7. The molecule has 1 fully saturated rings. The molecule has 0 atom stereocenters. The molecule has 3 N–H and O–H groups in total. The van der Waals surface area contributed by atoms with Crippen LogP contribution in [0.1, 0.15) is 94.0 Å². The van der Waals surface area contributed by atoms with Crippen molar-refractivity contribution in [3.63, 3.8) is 0 Å². The molecule has 0 aromatic carbocycles. The molecule has 3 aromatic rings. The van der Waals surface area contributed by atoms with Gasteiger partial charge in [-0.15, -0.1) is 0 Å². The number of imidazole rings is 1. The van der Waals surface area contributed by atoms with Crippen molar-refractivity contribution in [3.8, 4) is 0 Å². The average Bonchev–Trinajstić information content (AvgIpc) is 3.45. The maximum atomic E-state index is 12.3. The molecule has 0 radical (unpaired) electrons. The van der Waals surface area contributed by atoms with Crippen molar-refractivity contribution in [2.75, 3.05) is 0 Å². The lowest BCUT2D eigenvalue weighted by Crippen LogP contribution is -2.26. The first-order valence-electron chi connectivity index (χ1n) is 11.9. The number of alkyl halides is 2. The molecule has 10 heteroatoms. The quantitative estimate of drug-likeness (QED) is 0.544. The van der Waals surface area contributed by atoms with Gasteiger partial charge >= 0.3 is 0 Å². The van der Waals surface area contributed by atoms with Crippen molar-refractivity contribution in [1.82, 2.24) is 29.7 Å². The van der Waals surface area contributed by atoms with E-state index in [-0.39, 0.29) is 24.8 Å². The Morgan fingerprint density at radius 2 is 1.88 bits per heavy atom. The van der Waals surface area contributed by atoms with E-state index < -0.39 is 5.92 Å². The number of carbonyl (C=O) groups excluding carboxylic acids is 1. The molecular weight excluding hydrogens is 440 g/mol. The van der Waals surface area contributed by atoms with Crippen LogP contribution in [0.2, 0.25) is 0 Å². The average molecular weight is 478 g/mol. The minimum absolute atomic E-state index is 0.118. The smallest absolute Gasteiger partial charge is 0.269 e. The van der Waals surface area contributed by atoms with Gasteiger partial charge in [0.1, 0.15) is 5.69 Å². The van der Waals surface area contributed by atoms with Crippen molar-refractivity contribution in [1.29, 1.82) is 0 Å². The summed E-state index contributed by atoms with van der Waals surface area (Å²) >= 11 is 0. The Labute approximate surface area is 199 Å². The Morgan fingerprint density at radius 3 is 2.44 bits per heavy atom. The summed E-state index contributed by atoms with van der Waals surface area (Å²) in [6.07, 6.45) is 9.03. The number of nitrogens with zero attached hydrogens (tertiary/aromatic N) is 5. The van der Waals surface area contributed by atoms with Crippen LogP contribution >= 0.6 is 0 Å². The van der Waals surface area contributed by atoms with Gasteiger partial charge in [-0.3, -0.25) is 9.48 Å². The van der Waals surface area contributed by atoms with Crippen molar-refractivity contribution < 1.29 is 13.6 Å². The third-order valence-electron chi connectivity index (χ3n) is 5.07. The summed E-state index contributed by atoms with van der Waals surface area (Å²) in [5.74, 6) is -2.50. The molecule has 4 rings (SSSR count). The molecule has 188 valence electrons. The van der Waals surface area contributed by atoms with Gasteiger partial charge in [-0.1, -0.05) is 26.7 Å². The highest BCUT2D eigenvalue weighted by Crippen LogP contribution is 2.32. The minimum atomic E-state index is -2.32. The molecule has 0 saturated heterocycles. The van der Waals surface area contributed by atoms with Crippen LogP contribution in [0.25, 0.3) is 5.65 Å². The summed E-state index contributed by atoms with van der Waals surface area (Å²) in [6.45, 7) is 8.95. The monoisotopic (exact) mass is 477 g/mol. The van der Waals surface area contributed by atoms with Gasteiger partial charge in [0.25, 0.3) is 5.91 Å². The Morgan fingerprint density at radius 1 is 1.21 bits per heavy atom. The summed E-state index contributed by atoms with van der Waals surface area (Å²) in [5, 5.41) is 11.3. The van der Waals surface area contributed by atoms with Gasteiger partial charge in [-0.05, 0) is 44.4 Å². The predicted octanol–water partition coefficient (Wildman–Crippen LogP) is 4.90. The van der Waals surface area contributed by atoms with E-state index in [0.29, 0.717) is 37.3 Å². The first-order chi connectivity index (χ1) is 16.2. The number of nitrogens with two attached hydrogens (primary N) is 1. The van der Waals surface area contributed by atoms with Crippen molar-refractivity contribution in [2.45, 2.75) is 91.3 Å². The molecule has 0 aliphatic heterocycles. The third kappa shape index (κ3) is 8.16. The topological polar surface area (TPSA) is 103 Å². The summed E-state index contributed by atoms with van der Waals surface area (Å²) in [7, 11) is 0. The van der Waals surface area contributed by atoms with Gasteiger partial charge in [-0.25, -0.2) is 18.3 Å². The first kappa shape index (κ1) is 27.4. The molecular formula is C24H37F2N7O. The van der Waals surface area contributed by atoms with E-state index in [4.69, 9.17) is 5.73 Å². The van der Waals surface area contributed by atoms with Crippen LogP contribution < -0.4 is 11.1 Å². The normalized spacial score (nSPS) is 14.7. The zero-order chi connectivity index (χ0) is 25.1. The fourth-order valence-corrected chi connectivity index (χ4v) is 3.40. The van der Waals surface area contributed by atoms with Crippen molar-refractivity contribution >= 4 is 11.6 Å². The van der Waals surface area contributed by atoms with Gasteiger partial charge in [0.15, 0.2) is 5.65 Å². The number of rotatable bonds is 5. The SMILES string of the molecule is CC(C)n1nccc1C(=O)NCc1cn2ncc(CN)cc2n1.CCC.FC1(F)CCCCC1. The van der Waals surface area contributed by atoms with Crippen LogP contribution in [0.15, 0.2) is 30.7 Å². The lowest BCUT2D eigenvalue weighted by molar-refractivity contribution is -0.0337. The van der Waals surface area contributed by atoms with Gasteiger partial charge in [0.2, 0.25) is 5.92 Å². The van der Waals surface area contributed by atoms with E-state index in [0.717, 1.165) is 17.7 Å². The largest absolute Gasteiger partial charge is 0.345 e. The highest BCUT2D eigenvalue weighted by Gasteiger charge is 2.30. The lowest BCUT2D eigenvalue weighted by atomic mass is 9.97. The standard InChI is InChI=1S/C15H19N7O.C6H10F2.C3H8/c1-10(2)22-13(3-4-18-22)15(23)17-8-12-9-21-14(20-12)5-11(6-16)7-19-21;7-6(8)4-2-1-3-5-6;1-3-2/h3-5,7,9-10H,6,8,16H2,1-2H3,(H,17,23);1-5H2;3H2,1-2H3. The Bertz CT molecular complexity index is 1020.